The van der Waals surface area contributed by atoms with Crippen molar-refractivity contribution in [2.75, 3.05) is 10.6 Å². The van der Waals surface area contributed by atoms with Crippen LogP contribution in [-0.4, -0.2) is 4.98 Å². The molecule has 0 radical (unpaired) electrons. The molecule has 0 unspecified atom stereocenters. The average molecular weight is 239 g/mol. The van der Waals surface area contributed by atoms with E-state index in [2.05, 4.69) is 35.0 Å². The van der Waals surface area contributed by atoms with E-state index in [1.807, 2.05) is 19.1 Å². The first-order valence-corrected chi connectivity index (χ1v) is 6.20. The van der Waals surface area contributed by atoms with Crippen LogP contribution in [0.3, 0.4) is 0 Å². The highest BCUT2D eigenvalue weighted by Crippen LogP contribution is 2.30. The van der Waals surface area contributed by atoms with Crippen LogP contribution in [0.15, 0.2) is 30.3 Å². The van der Waals surface area contributed by atoms with Crippen LogP contribution in [0.5, 0.6) is 0 Å². The zero-order valence-electron chi connectivity index (χ0n) is 10.8. The molecule has 1 aromatic heterocycles. The second kappa shape index (κ2) is 4.02. The van der Waals surface area contributed by atoms with Crippen molar-refractivity contribution in [1.82, 2.24) is 4.98 Å². The van der Waals surface area contributed by atoms with Gasteiger partial charge in [0, 0.05) is 24.5 Å². The molecule has 0 saturated heterocycles. The number of benzene rings is 1. The van der Waals surface area contributed by atoms with Crippen molar-refractivity contribution in [3.63, 3.8) is 0 Å². The smallest absolute Gasteiger partial charge is 0.129 e. The van der Waals surface area contributed by atoms with Gasteiger partial charge in [-0.05, 0) is 48.7 Å². The SMILES string of the molecule is Cc1cc(C)nc(N2Cc3cccc(N)c3C2)c1. The number of aromatic nitrogens is 1. The van der Waals surface area contributed by atoms with E-state index in [9.17, 15) is 0 Å². The first-order chi connectivity index (χ1) is 8.63. The third-order valence-corrected chi connectivity index (χ3v) is 3.43. The van der Waals surface area contributed by atoms with Gasteiger partial charge < -0.3 is 10.6 Å². The molecule has 1 aliphatic heterocycles. The van der Waals surface area contributed by atoms with E-state index in [0.717, 1.165) is 30.3 Å². The molecule has 3 heteroatoms. The van der Waals surface area contributed by atoms with Crippen molar-refractivity contribution >= 4 is 11.5 Å². The highest BCUT2D eigenvalue weighted by atomic mass is 15.2. The van der Waals surface area contributed by atoms with Crippen molar-refractivity contribution in [2.24, 2.45) is 0 Å². The van der Waals surface area contributed by atoms with E-state index in [1.165, 1.54) is 16.7 Å². The van der Waals surface area contributed by atoms with Crippen LogP contribution >= 0.6 is 0 Å². The first kappa shape index (κ1) is 11.1. The molecule has 0 spiro atoms. The number of hydrogen-bond donors (Lipinski definition) is 1. The minimum Gasteiger partial charge on any atom is -0.398 e. The van der Waals surface area contributed by atoms with Crippen molar-refractivity contribution in [1.29, 1.82) is 0 Å². The van der Waals surface area contributed by atoms with E-state index < -0.39 is 0 Å². The summed E-state index contributed by atoms with van der Waals surface area (Å²) in [4.78, 5) is 6.89. The monoisotopic (exact) mass is 239 g/mol. The van der Waals surface area contributed by atoms with Gasteiger partial charge in [0.05, 0.1) is 0 Å². The Kier molecular flexibility index (Phi) is 2.47. The second-order valence-corrected chi connectivity index (χ2v) is 4.99. The van der Waals surface area contributed by atoms with Gasteiger partial charge in [0.15, 0.2) is 0 Å². The van der Waals surface area contributed by atoms with Gasteiger partial charge >= 0.3 is 0 Å². The minimum absolute atomic E-state index is 0.859. The van der Waals surface area contributed by atoms with Crippen LogP contribution in [0, 0.1) is 13.8 Å². The van der Waals surface area contributed by atoms with E-state index in [-0.39, 0.29) is 0 Å². The number of hydrogen-bond acceptors (Lipinski definition) is 3. The molecule has 3 nitrogen and oxygen atoms in total. The lowest BCUT2D eigenvalue weighted by atomic mass is 10.1. The van der Waals surface area contributed by atoms with Crippen molar-refractivity contribution < 1.29 is 0 Å². The van der Waals surface area contributed by atoms with Gasteiger partial charge in [-0.15, -0.1) is 0 Å². The summed E-state index contributed by atoms with van der Waals surface area (Å²) in [5.41, 5.74) is 11.8. The molecule has 92 valence electrons. The number of rotatable bonds is 1. The van der Waals surface area contributed by atoms with Crippen LogP contribution in [0.1, 0.15) is 22.4 Å². The highest BCUT2D eigenvalue weighted by molar-refractivity contribution is 5.58. The summed E-state index contributed by atoms with van der Waals surface area (Å²) in [6, 6.07) is 10.4. The molecule has 1 aliphatic rings. The predicted molar refractivity (Wildman–Crippen MR) is 74.5 cm³/mol. The van der Waals surface area contributed by atoms with Gasteiger partial charge in [0.2, 0.25) is 0 Å². The fraction of sp³-hybridized carbons (Fsp3) is 0.267. The predicted octanol–water partition coefficient (Wildman–Crippen LogP) is 2.80. The van der Waals surface area contributed by atoms with Gasteiger partial charge in [-0.25, -0.2) is 4.98 Å². The quantitative estimate of drug-likeness (QED) is 0.778. The molecular formula is C15H17N3. The molecule has 0 saturated carbocycles. The molecule has 0 amide bonds. The molecule has 0 atom stereocenters. The van der Waals surface area contributed by atoms with E-state index in [4.69, 9.17) is 5.73 Å². The number of anilines is 2. The Hall–Kier alpha value is -2.03. The van der Waals surface area contributed by atoms with E-state index in [1.54, 1.807) is 0 Å². The Morgan fingerprint density at radius 2 is 2.00 bits per heavy atom. The summed E-state index contributed by atoms with van der Waals surface area (Å²) in [7, 11) is 0. The molecule has 0 fully saturated rings. The van der Waals surface area contributed by atoms with Crippen molar-refractivity contribution in [3.05, 3.63) is 52.7 Å². The fourth-order valence-electron chi connectivity index (χ4n) is 2.59. The summed E-state index contributed by atoms with van der Waals surface area (Å²) >= 11 is 0. The van der Waals surface area contributed by atoms with Gasteiger partial charge in [0.1, 0.15) is 5.82 Å². The van der Waals surface area contributed by atoms with Crippen LogP contribution in [0.4, 0.5) is 11.5 Å². The normalized spacial score (nSPS) is 13.8. The number of nitrogens with two attached hydrogens (primary N) is 1. The maximum atomic E-state index is 6.02. The second-order valence-electron chi connectivity index (χ2n) is 4.99. The number of aryl methyl sites for hydroxylation is 2. The van der Waals surface area contributed by atoms with Gasteiger partial charge in [-0.3, -0.25) is 0 Å². The Labute approximate surface area is 107 Å². The zero-order chi connectivity index (χ0) is 12.7. The topological polar surface area (TPSA) is 42.2 Å². The standard InChI is InChI=1S/C15H17N3/c1-10-6-11(2)17-15(7-10)18-8-12-4-3-5-14(16)13(12)9-18/h3-7H,8-9,16H2,1-2H3. The molecule has 0 aliphatic carbocycles. The summed E-state index contributed by atoms with van der Waals surface area (Å²) in [6.45, 7) is 5.90. The van der Waals surface area contributed by atoms with Crippen LogP contribution in [0.25, 0.3) is 0 Å². The number of nitrogens with zero attached hydrogens (tertiary/aromatic N) is 2. The molecule has 1 aromatic carbocycles. The summed E-state index contributed by atoms with van der Waals surface area (Å²) in [5.74, 6) is 1.04. The fourth-order valence-corrected chi connectivity index (χ4v) is 2.59. The minimum atomic E-state index is 0.859. The Morgan fingerprint density at radius 3 is 2.72 bits per heavy atom. The average Bonchev–Trinajstić information content (AvgIpc) is 2.73. The lowest BCUT2D eigenvalue weighted by molar-refractivity contribution is 0.851. The lowest BCUT2D eigenvalue weighted by Gasteiger charge is -2.17. The first-order valence-electron chi connectivity index (χ1n) is 6.20. The van der Waals surface area contributed by atoms with Crippen LogP contribution in [-0.2, 0) is 13.1 Å². The Balaban J connectivity index is 1.96. The molecule has 18 heavy (non-hydrogen) atoms. The van der Waals surface area contributed by atoms with E-state index >= 15 is 0 Å². The Morgan fingerprint density at radius 1 is 1.17 bits per heavy atom. The summed E-state index contributed by atoms with van der Waals surface area (Å²) in [6.07, 6.45) is 0. The van der Waals surface area contributed by atoms with Crippen LogP contribution < -0.4 is 10.6 Å². The number of nitrogen functional groups attached to an aromatic ring is 1. The van der Waals surface area contributed by atoms with Gasteiger partial charge in [0.25, 0.3) is 0 Å². The van der Waals surface area contributed by atoms with Crippen molar-refractivity contribution in [3.8, 4) is 0 Å². The van der Waals surface area contributed by atoms with Gasteiger partial charge in [-0.2, -0.15) is 0 Å². The highest BCUT2D eigenvalue weighted by Gasteiger charge is 2.21. The van der Waals surface area contributed by atoms with Crippen LogP contribution in [0.2, 0.25) is 0 Å². The molecule has 2 heterocycles. The summed E-state index contributed by atoms with van der Waals surface area (Å²) in [5, 5.41) is 0. The number of fused-ring (bicyclic) bond motifs is 1. The largest absolute Gasteiger partial charge is 0.398 e. The molecule has 0 bridgehead atoms. The molecule has 2 aromatic rings. The third-order valence-electron chi connectivity index (χ3n) is 3.43. The van der Waals surface area contributed by atoms with E-state index in [0.29, 0.717) is 0 Å². The molecule has 3 rings (SSSR count). The lowest BCUT2D eigenvalue weighted by Crippen LogP contribution is -2.16. The maximum absolute atomic E-state index is 6.02. The summed E-state index contributed by atoms with van der Waals surface area (Å²) < 4.78 is 0. The number of pyridine rings is 1. The maximum Gasteiger partial charge on any atom is 0.129 e. The zero-order valence-corrected chi connectivity index (χ0v) is 10.8. The molecule has 2 N–H and O–H groups in total. The van der Waals surface area contributed by atoms with Crippen molar-refractivity contribution in [2.45, 2.75) is 26.9 Å². The Bertz CT molecular complexity index is 584. The third kappa shape index (κ3) is 1.82. The van der Waals surface area contributed by atoms with Gasteiger partial charge in [-0.1, -0.05) is 12.1 Å². The molecular weight excluding hydrogens is 222 g/mol.